The molecule has 0 unspecified atom stereocenters. The number of nitrogens with zero attached hydrogens (tertiary/aromatic N) is 1. The van der Waals surface area contributed by atoms with E-state index in [9.17, 15) is 9.59 Å². The number of carbonyl (C=O) groups excluding carboxylic acids is 2. The SMILES string of the molecule is CCOC(=O)c1noc(C(=O)c2ccccc2)c1-c1ccc(Cl)cc1. The predicted molar refractivity (Wildman–Crippen MR) is 92.8 cm³/mol. The molecule has 1 heterocycles. The highest BCUT2D eigenvalue weighted by atomic mass is 35.5. The third-order valence-electron chi connectivity index (χ3n) is 3.54. The minimum Gasteiger partial charge on any atom is -0.461 e. The average molecular weight is 356 g/mol. The van der Waals surface area contributed by atoms with Crippen molar-refractivity contribution in [2.24, 2.45) is 0 Å². The Hall–Kier alpha value is -2.92. The van der Waals surface area contributed by atoms with Crippen molar-refractivity contribution in [3.05, 3.63) is 76.6 Å². The van der Waals surface area contributed by atoms with Gasteiger partial charge in [-0.15, -0.1) is 0 Å². The highest BCUT2D eigenvalue weighted by molar-refractivity contribution is 6.30. The van der Waals surface area contributed by atoms with E-state index < -0.39 is 5.97 Å². The third-order valence-corrected chi connectivity index (χ3v) is 3.79. The third kappa shape index (κ3) is 3.46. The number of esters is 1. The Kier molecular flexibility index (Phi) is 4.95. The normalized spacial score (nSPS) is 10.5. The first-order chi connectivity index (χ1) is 12.1. The maximum absolute atomic E-state index is 12.8. The number of hydrogen-bond donors (Lipinski definition) is 0. The zero-order valence-corrected chi connectivity index (χ0v) is 14.1. The Balaban J connectivity index is 2.14. The predicted octanol–water partition coefficient (Wildman–Crippen LogP) is 4.40. The Labute approximate surface area is 149 Å². The van der Waals surface area contributed by atoms with E-state index >= 15 is 0 Å². The molecule has 126 valence electrons. The van der Waals surface area contributed by atoms with Crippen LogP contribution >= 0.6 is 11.6 Å². The lowest BCUT2D eigenvalue weighted by molar-refractivity contribution is 0.0515. The minimum absolute atomic E-state index is 0.0171. The Morgan fingerprint density at radius 1 is 1.08 bits per heavy atom. The van der Waals surface area contributed by atoms with Crippen molar-refractivity contribution in [2.45, 2.75) is 6.92 Å². The van der Waals surface area contributed by atoms with Gasteiger partial charge in [0.25, 0.3) is 0 Å². The van der Waals surface area contributed by atoms with Crippen LogP contribution < -0.4 is 0 Å². The maximum atomic E-state index is 12.8. The van der Waals surface area contributed by atoms with Crippen LogP contribution in [-0.2, 0) is 4.74 Å². The van der Waals surface area contributed by atoms with Crippen molar-refractivity contribution in [2.75, 3.05) is 6.61 Å². The molecule has 0 aliphatic heterocycles. The molecule has 3 aromatic rings. The Bertz CT molecular complexity index is 901. The van der Waals surface area contributed by atoms with E-state index in [0.29, 0.717) is 21.7 Å². The van der Waals surface area contributed by atoms with Crippen LogP contribution in [0.3, 0.4) is 0 Å². The molecule has 0 atom stereocenters. The lowest BCUT2D eigenvalue weighted by Gasteiger charge is -2.05. The Morgan fingerprint density at radius 2 is 1.76 bits per heavy atom. The fraction of sp³-hybridized carbons (Fsp3) is 0.105. The van der Waals surface area contributed by atoms with Gasteiger partial charge in [-0.1, -0.05) is 59.2 Å². The summed E-state index contributed by atoms with van der Waals surface area (Å²) in [6.07, 6.45) is 0. The summed E-state index contributed by atoms with van der Waals surface area (Å²) < 4.78 is 10.2. The topological polar surface area (TPSA) is 69.4 Å². The van der Waals surface area contributed by atoms with E-state index in [-0.39, 0.29) is 23.8 Å². The summed E-state index contributed by atoms with van der Waals surface area (Å²) in [6, 6.07) is 15.3. The number of ether oxygens (including phenoxy) is 1. The van der Waals surface area contributed by atoms with Crippen molar-refractivity contribution in [3.63, 3.8) is 0 Å². The zero-order chi connectivity index (χ0) is 17.8. The van der Waals surface area contributed by atoms with Gasteiger partial charge in [-0.05, 0) is 24.6 Å². The lowest BCUT2D eigenvalue weighted by Crippen LogP contribution is -2.08. The molecular weight excluding hydrogens is 342 g/mol. The van der Waals surface area contributed by atoms with Crippen molar-refractivity contribution >= 4 is 23.4 Å². The van der Waals surface area contributed by atoms with Crippen LogP contribution in [0.5, 0.6) is 0 Å². The quantitative estimate of drug-likeness (QED) is 0.501. The molecule has 0 N–H and O–H groups in total. The van der Waals surface area contributed by atoms with Gasteiger partial charge in [-0.25, -0.2) is 4.79 Å². The second-order valence-corrected chi connectivity index (χ2v) is 5.59. The molecule has 1 aromatic heterocycles. The van der Waals surface area contributed by atoms with Crippen LogP contribution in [-0.4, -0.2) is 23.5 Å². The first-order valence-electron chi connectivity index (χ1n) is 7.64. The smallest absolute Gasteiger partial charge is 0.361 e. The number of halogens is 1. The largest absolute Gasteiger partial charge is 0.461 e. The molecule has 0 spiro atoms. The van der Waals surface area contributed by atoms with Crippen molar-refractivity contribution in [1.82, 2.24) is 5.16 Å². The second kappa shape index (κ2) is 7.32. The van der Waals surface area contributed by atoms with Gasteiger partial charge in [0.15, 0.2) is 5.69 Å². The molecule has 6 heteroatoms. The summed E-state index contributed by atoms with van der Waals surface area (Å²) in [6.45, 7) is 1.88. The van der Waals surface area contributed by atoms with E-state index in [4.69, 9.17) is 20.9 Å². The summed E-state index contributed by atoms with van der Waals surface area (Å²) in [5, 5.41) is 4.31. The molecule has 25 heavy (non-hydrogen) atoms. The van der Waals surface area contributed by atoms with Crippen LogP contribution in [0, 0.1) is 0 Å². The van der Waals surface area contributed by atoms with Gasteiger partial charge in [0.1, 0.15) is 0 Å². The molecule has 2 aromatic carbocycles. The van der Waals surface area contributed by atoms with Gasteiger partial charge in [-0.2, -0.15) is 0 Å². The van der Waals surface area contributed by atoms with Gasteiger partial charge >= 0.3 is 5.97 Å². The maximum Gasteiger partial charge on any atom is 0.361 e. The van der Waals surface area contributed by atoms with Crippen LogP contribution in [0.15, 0.2) is 59.1 Å². The van der Waals surface area contributed by atoms with Gasteiger partial charge < -0.3 is 9.26 Å². The average Bonchev–Trinajstić information content (AvgIpc) is 3.08. The molecule has 0 radical (unpaired) electrons. The molecule has 0 saturated heterocycles. The van der Waals surface area contributed by atoms with Crippen LogP contribution in [0.1, 0.15) is 33.5 Å². The highest BCUT2D eigenvalue weighted by Crippen LogP contribution is 2.31. The van der Waals surface area contributed by atoms with E-state index in [0.717, 1.165) is 0 Å². The number of carbonyl (C=O) groups is 2. The fourth-order valence-corrected chi connectivity index (χ4v) is 2.51. The van der Waals surface area contributed by atoms with E-state index in [1.165, 1.54) is 0 Å². The van der Waals surface area contributed by atoms with Crippen molar-refractivity contribution in [1.29, 1.82) is 0 Å². The number of hydrogen-bond acceptors (Lipinski definition) is 5. The summed E-state index contributed by atoms with van der Waals surface area (Å²) in [5.41, 5.74) is 1.28. The number of benzene rings is 2. The summed E-state index contributed by atoms with van der Waals surface area (Å²) in [7, 11) is 0. The molecule has 0 amide bonds. The van der Waals surface area contributed by atoms with Gasteiger partial charge in [0.2, 0.25) is 11.5 Å². The van der Waals surface area contributed by atoms with Gasteiger partial charge in [-0.3, -0.25) is 4.79 Å². The zero-order valence-electron chi connectivity index (χ0n) is 13.4. The van der Waals surface area contributed by atoms with E-state index in [2.05, 4.69) is 5.16 Å². The van der Waals surface area contributed by atoms with Crippen LogP contribution in [0.25, 0.3) is 11.1 Å². The molecular formula is C19H14ClNO4. The van der Waals surface area contributed by atoms with Crippen molar-refractivity contribution in [3.8, 4) is 11.1 Å². The minimum atomic E-state index is -0.650. The standard InChI is InChI=1S/C19H14ClNO4/c1-2-24-19(23)16-15(12-8-10-14(20)11-9-12)18(25-21-16)17(22)13-6-4-3-5-7-13/h3-11H,2H2,1H3. The Morgan fingerprint density at radius 3 is 2.40 bits per heavy atom. The number of ketones is 1. The second-order valence-electron chi connectivity index (χ2n) is 5.16. The highest BCUT2D eigenvalue weighted by Gasteiger charge is 2.28. The van der Waals surface area contributed by atoms with Gasteiger partial charge in [0, 0.05) is 10.6 Å². The molecule has 0 aliphatic carbocycles. The molecule has 0 bridgehead atoms. The summed E-state index contributed by atoms with van der Waals surface area (Å²) in [5.74, 6) is -1.03. The van der Waals surface area contributed by atoms with E-state index in [1.54, 1.807) is 61.5 Å². The molecule has 5 nitrogen and oxygen atoms in total. The molecule has 0 aliphatic rings. The number of aromatic nitrogens is 1. The molecule has 3 rings (SSSR count). The number of rotatable bonds is 5. The van der Waals surface area contributed by atoms with E-state index in [1.807, 2.05) is 0 Å². The lowest BCUT2D eigenvalue weighted by atomic mass is 9.98. The molecule has 0 fully saturated rings. The van der Waals surface area contributed by atoms with Crippen molar-refractivity contribution < 1.29 is 18.8 Å². The van der Waals surface area contributed by atoms with Crippen LogP contribution in [0.2, 0.25) is 5.02 Å². The monoisotopic (exact) mass is 355 g/mol. The molecule has 0 saturated carbocycles. The first-order valence-corrected chi connectivity index (χ1v) is 8.02. The first kappa shape index (κ1) is 16.9. The van der Waals surface area contributed by atoms with Gasteiger partial charge in [0.05, 0.1) is 12.2 Å². The summed E-state index contributed by atoms with van der Waals surface area (Å²) in [4.78, 5) is 25.0. The fourth-order valence-electron chi connectivity index (χ4n) is 2.39. The summed E-state index contributed by atoms with van der Waals surface area (Å²) >= 11 is 5.93. The van der Waals surface area contributed by atoms with Crippen LogP contribution in [0.4, 0.5) is 0 Å².